The second-order valence-electron chi connectivity index (χ2n) is 7.98. The number of aliphatic carboxylic acids is 1. The Morgan fingerprint density at radius 2 is 1.77 bits per heavy atom. The first-order chi connectivity index (χ1) is 14.3. The van der Waals surface area contributed by atoms with Crippen LogP contribution in [0.4, 0.5) is 10.5 Å². The van der Waals surface area contributed by atoms with Gasteiger partial charge >= 0.3 is 18.0 Å². The summed E-state index contributed by atoms with van der Waals surface area (Å²) >= 11 is 0. The van der Waals surface area contributed by atoms with E-state index in [0.29, 0.717) is 0 Å². The van der Waals surface area contributed by atoms with Gasteiger partial charge in [0.2, 0.25) is 0 Å². The molecule has 2 rings (SSSR count). The number of nitro benzene ring substituents is 1. The van der Waals surface area contributed by atoms with E-state index in [0.717, 1.165) is 12.0 Å². The van der Waals surface area contributed by atoms with Gasteiger partial charge in [-0.3, -0.25) is 19.8 Å². The van der Waals surface area contributed by atoms with Crippen LogP contribution in [-0.4, -0.2) is 40.1 Å². The Morgan fingerprint density at radius 3 is 2.26 bits per heavy atom. The summed E-state index contributed by atoms with van der Waals surface area (Å²) in [5, 5.41) is 21.2. The molecule has 1 atom stereocenters. The topological polar surface area (TPSA) is 136 Å². The van der Waals surface area contributed by atoms with E-state index in [-0.39, 0.29) is 34.0 Å². The van der Waals surface area contributed by atoms with Crippen molar-refractivity contribution >= 4 is 23.7 Å². The second kappa shape index (κ2) is 8.58. The van der Waals surface area contributed by atoms with Crippen LogP contribution in [0.25, 0.3) is 0 Å². The van der Waals surface area contributed by atoms with E-state index in [9.17, 15) is 29.6 Å². The Kier molecular flexibility index (Phi) is 6.53. The molecule has 0 unspecified atom stereocenters. The molecule has 1 aliphatic rings. The van der Waals surface area contributed by atoms with Crippen molar-refractivity contribution in [2.45, 2.75) is 40.5 Å². The SMILES string of the molecule is COC(=O)N1C(C)=C(OC(=O)C(C)(C)C)[C@@H](c2cccc([N+](=O)[O-])c2)C(C(=O)O)=C1C. The molecule has 0 bridgehead atoms. The number of carbonyl (C=O) groups is 3. The van der Waals surface area contributed by atoms with Crippen LogP contribution in [0.5, 0.6) is 0 Å². The van der Waals surface area contributed by atoms with Crippen molar-refractivity contribution in [3.05, 3.63) is 62.7 Å². The van der Waals surface area contributed by atoms with Gasteiger partial charge in [0.05, 0.1) is 34.6 Å². The normalized spacial score (nSPS) is 16.8. The zero-order valence-electron chi connectivity index (χ0n) is 18.1. The molecule has 31 heavy (non-hydrogen) atoms. The van der Waals surface area contributed by atoms with Crippen molar-refractivity contribution in [1.29, 1.82) is 0 Å². The fourth-order valence-electron chi connectivity index (χ4n) is 3.20. The first-order valence-corrected chi connectivity index (χ1v) is 9.30. The smallest absolute Gasteiger partial charge is 0.418 e. The molecule has 0 aliphatic carbocycles. The number of non-ortho nitro benzene ring substituents is 1. The van der Waals surface area contributed by atoms with Gasteiger partial charge in [0.25, 0.3) is 5.69 Å². The quantitative estimate of drug-likeness (QED) is 0.429. The number of carboxylic acids is 1. The second-order valence-corrected chi connectivity index (χ2v) is 7.98. The third-order valence-electron chi connectivity index (χ3n) is 4.79. The van der Waals surface area contributed by atoms with E-state index in [1.165, 1.54) is 38.1 Å². The minimum absolute atomic E-state index is 0.0453. The highest BCUT2D eigenvalue weighted by Crippen LogP contribution is 2.44. The Bertz CT molecular complexity index is 1020. The average molecular weight is 432 g/mol. The van der Waals surface area contributed by atoms with Crippen LogP contribution in [0, 0.1) is 15.5 Å². The lowest BCUT2D eigenvalue weighted by molar-refractivity contribution is -0.384. The molecule has 0 saturated carbocycles. The Hall–Kier alpha value is -3.69. The number of esters is 1. The summed E-state index contributed by atoms with van der Waals surface area (Å²) in [4.78, 5) is 48.9. The van der Waals surface area contributed by atoms with Gasteiger partial charge in [0.15, 0.2) is 0 Å². The number of amides is 1. The first kappa shape index (κ1) is 23.6. The largest absolute Gasteiger partial charge is 0.478 e. The molecular formula is C21H24N2O8. The van der Waals surface area contributed by atoms with Crippen LogP contribution < -0.4 is 0 Å². The minimum Gasteiger partial charge on any atom is -0.478 e. The summed E-state index contributed by atoms with van der Waals surface area (Å²) in [5.74, 6) is -3.32. The molecule has 10 heteroatoms. The number of nitrogens with zero attached hydrogens (tertiary/aromatic N) is 2. The summed E-state index contributed by atoms with van der Waals surface area (Å²) in [7, 11) is 1.14. The lowest BCUT2D eigenvalue weighted by Gasteiger charge is -2.35. The summed E-state index contributed by atoms with van der Waals surface area (Å²) in [6.45, 7) is 7.75. The Morgan fingerprint density at radius 1 is 1.16 bits per heavy atom. The molecule has 0 fully saturated rings. The maximum Gasteiger partial charge on any atom is 0.418 e. The third kappa shape index (κ3) is 4.57. The predicted molar refractivity (Wildman–Crippen MR) is 109 cm³/mol. The monoisotopic (exact) mass is 432 g/mol. The van der Waals surface area contributed by atoms with Gasteiger partial charge in [-0.25, -0.2) is 9.59 Å². The number of carbonyl (C=O) groups excluding carboxylic acids is 2. The van der Waals surface area contributed by atoms with Gasteiger partial charge in [-0.2, -0.15) is 0 Å². The lowest BCUT2D eigenvalue weighted by Crippen LogP contribution is -2.38. The van der Waals surface area contributed by atoms with Crippen LogP contribution in [0.2, 0.25) is 0 Å². The van der Waals surface area contributed by atoms with Gasteiger partial charge in [0.1, 0.15) is 5.76 Å². The molecule has 0 aromatic heterocycles. The zero-order chi connectivity index (χ0) is 23.7. The molecular weight excluding hydrogens is 408 g/mol. The maximum atomic E-state index is 12.7. The highest BCUT2D eigenvalue weighted by Gasteiger charge is 2.42. The Balaban J connectivity index is 2.83. The van der Waals surface area contributed by atoms with E-state index >= 15 is 0 Å². The number of rotatable bonds is 4. The molecule has 1 heterocycles. The molecule has 1 N–H and O–H groups in total. The molecule has 10 nitrogen and oxygen atoms in total. The molecule has 0 radical (unpaired) electrons. The van der Waals surface area contributed by atoms with Crippen molar-refractivity contribution < 1.29 is 33.9 Å². The van der Waals surface area contributed by atoms with Crippen molar-refractivity contribution in [2.75, 3.05) is 7.11 Å². The fraction of sp³-hybridized carbons (Fsp3) is 0.381. The van der Waals surface area contributed by atoms with Crippen molar-refractivity contribution in [3.63, 3.8) is 0 Å². The maximum absolute atomic E-state index is 12.7. The van der Waals surface area contributed by atoms with Gasteiger partial charge < -0.3 is 14.6 Å². The molecule has 1 aromatic rings. The standard InChI is InChI=1S/C21H24N2O8/c1-11-15(18(24)25)16(13-8-7-9-14(10-13)23(28)29)17(31-19(26)21(3,4)5)12(2)22(11)20(27)30-6/h7-10,16H,1-6H3,(H,24,25)/t16-/m0/s1. The van der Waals surface area contributed by atoms with E-state index < -0.39 is 34.3 Å². The number of benzene rings is 1. The molecule has 1 amide bonds. The molecule has 0 spiro atoms. The predicted octanol–water partition coefficient (Wildman–Crippen LogP) is 3.94. The highest BCUT2D eigenvalue weighted by atomic mass is 16.6. The van der Waals surface area contributed by atoms with Crippen LogP contribution in [0.15, 0.2) is 47.0 Å². The fourth-order valence-corrected chi connectivity index (χ4v) is 3.20. The number of nitro groups is 1. The number of hydrogen-bond acceptors (Lipinski definition) is 7. The van der Waals surface area contributed by atoms with Gasteiger partial charge in [-0.1, -0.05) is 12.1 Å². The first-order valence-electron chi connectivity index (χ1n) is 9.30. The number of carboxylic acid groups (broad SMARTS) is 1. The third-order valence-corrected chi connectivity index (χ3v) is 4.79. The molecule has 1 aromatic carbocycles. The van der Waals surface area contributed by atoms with E-state index in [4.69, 9.17) is 9.47 Å². The van der Waals surface area contributed by atoms with Crippen LogP contribution in [0.1, 0.15) is 46.1 Å². The summed E-state index contributed by atoms with van der Waals surface area (Å²) in [6.07, 6.45) is -0.865. The highest BCUT2D eigenvalue weighted by molar-refractivity contribution is 5.93. The van der Waals surface area contributed by atoms with Crippen LogP contribution >= 0.6 is 0 Å². The number of ether oxygens (including phenoxy) is 2. The van der Waals surface area contributed by atoms with Crippen molar-refractivity contribution in [2.24, 2.45) is 5.41 Å². The van der Waals surface area contributed by atoms with Crippen molar-refractivity contribution in [3.8, 4) is 0 Å². The molecule has 0 saturated heterocycles. The summed E-state index contributed by atoms with van der Waals surface area (Å²) < 4.78 is 10.4. The number of hydrogen-bond donors (Lipinski definition) is 1. The van der Waals surface area contributed by atoms with E-state index in [1.54, 1.807) is 20.8 Å². The minimum atomic E-state index is -1.38. The van der Waals surface area contributed by atoms with Gasteiger partial charge in [0, 0.05) is 17.8 Å². The van der Waals surface area contributed by atoms with E-state index in [2.05, 4.69) is 0 Å². The van der Waals surface area contributed by atoms with Crippen LogP contribution in [-0.2, 0) is 19.1 Å². The Labute approximate surface area is 178 Å². The zero-order valence-corrected chi connectivity index (χ0v) is 18.1. The molecule has 1 aliphatic heterocycles. The summed E-state index contributed by atoms with van der Waals surface area (Å²) in [5.41, 5.74) is -1.04. The number of methoxy groups -OCH3 is 1. The van der Waals surface area contributed by atoms with Gasteiger partial charge in [-0.05, 0) is 40.2 Å². The van der Waals surface area contributed by atoms with Gasteiger partial charge in [-0.15, -0.1) is 0 Å². The lowest BCUT2D eigenvalue weighted by atomic mass is 9.84. The van der Waals surface area contributed by atoms with Crippen molar-refractivity contribution in [1.82, 2.24) is 4.90 Å². The number of allylic oxidation sites excluding steroid dienone is 3. The van der Waals surface area contributed by atoms with E-state index in [1.807, 2.05) is 0 Å². The average Bonchev–Trinajstić information content (AvgIpc) is 2.68. The van der Waals surface area contributed by atoms with Crippen LogP contribution in [0.3, 0.4) is 0 Å². The molecule has 166 valence electrons. The summed E-state index contributed by atoms with van der Waals surface area (Å²) in [6, 6.07) is 5.39.